The normalized spacial score (nSPS) is 19.2. The van der Waals surface area contributed by atoms with Gasteiger partial charge in [0.15, 0.2) is 0 Å². The molecule has 18 heavy (non-hydrogen) atoms. The van der Waals surface area contributed by atoms with Crippen LogP contribution in [0.15, 0.2) is 0 Å². The molecule has 7 heteroatoms. The van der Waals surface area contributed by atoms with Crippen LogP contribution in [0.5, 0.6) is 0 Å². The number of aryl methyl sites for hydroxylation is 2. The summed E-state index contributed by atoms with van der Waals surface area (Å²) in [6.45, 7) is 6.28. The minimum atomic E-state index is -0.331. The molecule has 1 aliphatic rings. The molecule has 0 saturated carbocycles. The van der Waals surface area contributed by atoms with Gasteiger partial charge in [0.1, 0.15) is 5.69 Å². The van der Waals surface area contributed by atoms with Crippen LogP contribution in [0.3, 0.4) is 0 Å². The maximum absolute atomic E-state index is 11.2. The van der Waals surface area contributed by atoms with Gasteiger partial charge in [0.05, 0.1) is 4.92 Å². The van der Waals surface area contributed by atoms with Crippen molar-refractivity contribution in [2.45, 2.75) is 26.3 Å². The van der Waals surface area contributed by atoms with Crippen molar-refractivity contribution in [3.63, 3.8) is 0 Å². The van der Waals surface area contributed by atoms with Crippen LogP contribution in [0.1, 0.15) is 19.0 Å². The minimum absolute atomic E-state index is 0.131. The van der Waals surface area contributed by atoms with E-state index in [-0.39, 0.29) is 10.6 Å². The van der Waals surface area contributed by atoms with Crippen LogP contribution in [0.4, 0.5) is 11.5 Å². The summed E-state index contributed by atoms with van der Waals surface area (Å²) in [5.41, 5.74) is 0.605. The van der Waals surface area contributed by atoms with Crippen molar-refractivity contribution in [1.29, 1.82) is 0 Å². The first-order chi connectivity index (χ1) is 8.56. The van der Waals surface area contributed by atoms with Gasteiger partial charge in [0.2, 0.25) is 5.82 Å². The first kappa shape index (κ1) is 12.8. The predicted octanol–water partition coefficient (Wildman–Crippen LogP) is 0.825. The lowest BCUT2D eigenvalue weighted by atomic mass is 10.2. The van der Waals surface area contributed by atoms with Crippen LogP contribution >= 0.6 is 0 Å². The Morgan fingerprint density at radius 1 is 1.67 bits per heavy atom. The monoisotopic (exact) mass is 253 g/mol. The summed E-state index contributed by atoms with van der Waals surface area (Å²) in [4.78, 5) is 13.0. The molecule has 2 heterocycles. The zero-order valence-electron chi connectivity index (χ0n) is 11.0. The molecule has 1 saturated heterocycles. The Morgan fingerprint density at radius 3 is 2.89 bits per heavy atom. The molecule has 1 fully saturated rings. The number of nitrogens with one attached hydrogen (secondary N) is 1. The Morgan fingerprint density at radius 2 is 2.39 bits per heavy atom. The average Bonchev–Trinajstić information content (AvgIpc) is 2.89. The molecule has 1 unspecified atom stereocenters. The van der Waals surface area contributed by atoms with E-state index in [1.807, 2.05) is 6.92 Å². The van der Waals surface area contributed by atoms with Gasteiger partial charge in [-0.2, -0.15) is 5.10 Å². The van der Waals surface area contributed by atoms with E-state index in [4.69, 9.17) is 0 Å². The summed E-state index contributed by atoms with van der Waals surface area (Å²) < 4.78 is 1.62. The van der Waals surface area contributed by atoms with Crippen LogP contribution in [-0.2, 0) is 7.05 Å². The SMILES string of the molecule is CCN(c1c([N+](=O)[O-])c(C)nn1C)C1CCNC1. The molecule has 1 N–H and O–H groups in total. The molecule has 1 aromatic rings. The Labute approximate surface area is 106 Å². The van der Waals surface area contributed by atoms with E-state index in [1.54, 1.807) is 18.7 Å². The second-order valence-electron chi connectivity index (χ2n) is 4.57. The van der Waals surface area contributed by atoms with Gasteiger partial charge in [-0.15, -0.1) is 0 Å². The number of aromatic nitrogens is 2. The van der Waals surface area contributed by atoms with Crippen LogP contribution in [0.25, 0.3) is 0 Å². The predicted molar refractivity (Wildman–Crippen MR) is 68.9 cm³/mol. The van der Waals surface area contributed by atoms with Gasteiger partial charge in [-0.1, -0.05) is 0 Å². The van der Waals surface area contributed by atoms with Crippen molar-refractivity contribution < 1.29 is 4.92 Å². The van der Waals surface area contributed by atoms with E-state index >= 15 is 0 Å². The van der Waals surface area contributed by atoms with Crippen molar-refractivity contribution in [3.8, 4) is 0 Å². The van der Waals surface area contributed by atoms with E-state index in [2.05, 4.69) is 15.3 Å². The molecule has 0 aromatic carbocycles. The number of nitrogens with zero attached hydrogens (tertiary/aromatic N) is 4. The van der Waals surface area contributed by atoms with Crippen LogP contribution in [0, 0.1) is 17.0 Å². The molecule has 7 nitrogen and oxygen atoms in total. The lowest BCUT2D eigenvalue weighted by Crippen LogP contribution is -2.38. The maximum Gasteiger partial charge on any atom is 0.333 e. The van der Waals surface area contributed by atoms with E-state index < -0.39 is 0 Å². The molecule has 0 spiro atoms. The number of nitro groups is 1. The highest BCUT2D eigenvalue weighted by atomic mass is 16.6. The fourth-order valence-electron chi connectivity index (χ4n) is 2.66. The maximum atomic E-state index is 11.2. The van der Waals surface area contributed by atoms with E-state index in [9.17, 15) is 10.1 Å². The van der Waals surface area contributed by atoms with Crippen molar-refractivity contribution in [2.75, 3.05) is 24.5 Å². The zero-order valence-corrected chi connectivity index (χ0v) is 11.0. The van der Waals surface area contributed by atoms with Gasteiger partial charge >= 0.3 is 5.69 Å². The summed E-state index contributed by atoms with van der Waals surface area (Å²) in [7, 11) is 1.76. The standard InChI is InChI=1S/C11H19N5O2/c1-4-15(9-5-6-12-7-9)11-10(16(17)18)8(2)13-14(11)3/h9,12H,4-7H2,1-3H3. The average molecular weight is 253 g/mol. The number of hydrogen-bond donors (Lipinski definition) is 1. The van der Waals surface area contributed by atoms with E-state index in [0.717, 1.165) is 26.1 Å². The molecule has 0 radical (unpaired) electrons. The van der Waals surface area contributed by atoms with Crippen molar-refractivity contribution in [3.05, 3.63) is 15.8 Å². The molecule has 0 amide bonds. The highest BCUT2D eigenvalue weighted by Gasteiger charge is 2.32. The molecule has 100 valence electrons. The Hall–Kier alpha value is -1.63. The molecule has 1 aliphatic heterocycles. The minimum Gasteiger partial charge on any atom is -0.347 e. The summed E-state index contributed by atoms with van der Waals surface area (Å²) >= 11 is 0. The highest BCUT2D eigenvalue weighted by molar-refractivity contribution is 5.62. The first-order valence-electron chi connectivity index (χ1n) is 6.21. The molecule has 0 bridgehead atoms. The zero-order chi connectivity index (χ0) is 13.3. The molecule has 2 rings (SSSR count). The highest BCUT2D eigenvalue weighted by Crippen LogP contribution is 2.32. The van der Waals surface area contributed by atoms with Crippen molar-refractivity contribution >= 4 is 11.5 Å². The molecular weight excluding hydrogens is 234 g/mol. The number of anilines is 1. The molecule has 0 aliphatic carbocycles. The summed E-state index contributed by atoms with van der Waals surface area (Å²) in [6, 6.07) is 0.309. The number of rotatable bonds is 4. The van der Waals surface area contributed by atoms with Gasteiger partial charge in [0, 0.05) is 26.2 Å². The second kappa shape index (κ2) is 4.93. The smallest absolute Gasteiger partial charge is 0.333 e. The van der Waals surface area contributed by atoms with Crippen molar-refractivity contribution in [2.24, 2.45) is 7.05 Å². The summed E-state index contributed by atoms with van der Waals surface area (Å²) in [5.74, 6) is 0.619. The van der Waals surface area contributed by atoms with Crippen LogP contribution in [-0.4, -0.2) is 40.4 Å². The van der Waals surface area contributed by atoms with Gasteiger partial charge in [-0.05, 0) is 26.8 Å². The quantitative estimate of drug-likeness (QED) is 0.635. The molecule has 1 aromatic heterocycles. The third-order valence-electron chi connectivity index (χ3n) is 3.43. The van der Waals surface area contributed by atoms with E-state index in [0.29, 0.717) is 17.6 Å². The third kappa shape index (κ3) is 2.05. The second-order valence-corrected chi connectivity index (χ2v) is 4.57. The Kier molecular flexibility index (Phi) is 3.51. The fraction of sp³-hybridized carbons (Fsp3) is 0.727. The first-order valence-corrected chi connectivity index (χ1v) is 6.21. The largest absolute Gasteiger partial charge is 0.347 e. The lowest BCUT2D eigenvalue weighted by molar-refractivity contribution is -0.384. The van der Waals surface area contributed by atoms with Gasteiger partial charge in [0.25, 0.3) is 0 Å². The van der Waals surface area contributed by atoms with Gasteiger partial charge in [-0.25, -0.2) is 4.68 Å². The topological polar surface area (TPSA) is 76.2 Å². The molecular formula is C11H19N5O2. The summed E-state index contributed by atoms with van der Waals surface area (Å²) in [5, 5.41) is 18.7. The Balaban J connectivity index is 2.43. The number of likely N-dealkylation sites (N-methyl/N-ethyl adjacent to an activating group) is 1. The van der Waals surface area contributed by atoms with Gasteiger partial charge in [-0.3, -0.25) is 10.1 Å². The molecule has 1 atom stereocenters. The van der Waals surface area contributed by atoms with Crippen LogP contribution in [0.2, 0.25) is 0 Å². The van der Waals surface area contributed by atoms with Crippen LogP contribution < -0.4 is 10.2 Å². The third-order valence-corrected chi connectivity index (χ3v) is 3.43. The fourth-order valence-corrected chi connectivity index (χ4v) is 2.66. The Bertz CT molecular complexity index is 451. The van der Waals surface area contributed by atoms with E-state index in [1.165, 1.54) is 0 Å². The number of hydrogen-bond acceptors (Lipinski definition) is 5. The van der Waals surface area contributed by atoms with Gasteiger partial charge < -0.3 is 10.2 Å². The lowest BCUT2D eigenvalue weighted by Gasteiger charge is -2.28. The van der Waals surface area contributed by atoms with Crippen molar-refractivity contribution in [1.82, 2.24) is 15.1 Å². The summed E-state index contributed by atoms with van der Waals surface area (Å²) in [6.07, 6.45) is 1.01.